The third kappa shape index (κ3) is 2.35. The highest BCUT2D eigenvalue weighted by molar-refractivity contribution is 5.12. The molecule has 2 rings (SSSR count). The molecule has 0 aliphatic carbocycles. The predicted octanol–water partition coefficient (Wildman–Crippen LogP) is -0.119. The molecule has 2 aromatic heterocycles. The zero-order valence-electron chi connectivity index (χ0n) is 8.28. The number of aliphatic hydroxyl groups is 1. The molecule has 0 radical (unpaired) electrons. The van der Waals surface area contributed by atoms with E-state index >= 15 is 0 Å². The van der Waals surface area contributed by atoms with Gasteiger partial charge in [0.1, 0.15) is 0 Å². The summed E-state index contributed by atoms with van der Waals surface area (Å²) in [5.41, 5.74) is 0.755. The first-order valence-electron chi connectivity index (χ1n) is 4.56. The van der Waals surface area contributed by atoms with Crippen molar-refractivity contribution in [3.05, 3.63) is 35.9 Å². The van der Waals surface area contributed by atoms with Gasteiger partial charge in [-0.05, 0) is 16.8 Å². The van der Waals surface area contributed by atoms with Crippen LogP contribution in [0.25, 0.3) is 0 Å². The number of tetrazole rings is 1. The standard InChI is InChI=1S/C9H11N5O/c1-14-12-9(11-13-14)5-8(15)7-3-2-4-10-6-7/h2-4,6,8,15H,5H2,1H3. The van der Waals surface area contributed by atoms with Gasteiger partial charge < -0.3 is 5.11 Å². The maximum Gasteiger partial charge on any atom is 0.177 e. The van der Waals surface area contributed by atoms with Crippen LogP contribution < -0.4 is 0 Å². The Labute approximate surface area is 86.6 Å². The molecule has 0 fully saturated rings. The second-order valence-electron chi connectivity index (χ2n) is 3.20. The van der Waals surface area contributed by atoms with Crippen LogP contribution in [0.3, 0.4) is 0 Å². The minimum absolute atomic E-state index is 0.347. The van der Waals surface area contributed by atoms with Gasteiger partial charge in [-0.25, -0.2) is 0 Å². The summed E-state index contributed by atoms with van der Waals surface area (Å²) >= 11 is 0. The van der Waals surface area contributed by atoms with Gasteiger partial charge in [0.05, 0.1) is 13.2 Å². The van der Waals surface area contributed by atoms with Crippen molar-refractivity contribution in [2.75, 3.05) is 0 Å². The van der Waals surface area contributed by atoms with E-state index in [4.69, 9.17) is 0 Å². The fourth-order valence-electron chi connectivity index (χ4n) is 1.27. The first-order valence-corrected chi connectivity index (χ1v) is 4.56. The third-order valence-electron chi connectivity index (χ3n) is 1.99. The topological polar surface area (TPSA) is 76.7 Å². The average molecular weight is 205 g/mol. The van der Waals surface area contributed by atoms with E-state index in [0.29, 0.717) is 12.2 Å². The number of nitrogens with zero attached hydrogens (tertiary/aromatic N) is 5. The van der Waals surface area contributed by atoms with Gasteiger partial charge >= 0.3 is 0 Å². The van der Waals surface area contributed by atoms with E-state index in [1.807, 2.05) is 6.07 Å². The Morgan fingerprint density at radius 2 is 2.40 bits per heavy atom. The van der Waals surface area contributed by atoms with E-state index in [9.17, 15) is 5.11 Å². The van der Waals surface area contributed by atoms with Gasteiger partial charge in [0.25, 0.3) is 0 Å². The Hall–Kier alpha value is -1.82. The molecule has 2 heterocycles. The van der Waals surface area contributed by atoms with Crippen LogP contribution >= 0.6 is 0 Å². The highest BCUT2D eigenvalue weighted by Gasteiger charge is 2.11. The van der Waals surface area contributed by atoms with Crippen LogP contribution in [-0.4, -0.2) is 30.3 Å². The number of aliphatic hydroxyl groups excluding tert-OH is 1. The molecule has 1 unspecified atom stereocenters. The van der Waals surface area contributed by atoms with Gasteiger partial charge in [0.15, 0.2) is 5.82 Å². The lowest BCUT2D eigenvalue weighted by atomic mass is 10.1. The summed E-state index contributed by atoms with van der Waals surface area (Å²) < 4.78 is 0. The van der Waals surface area contributed by atoms with Crippen LogP contribution in [0, 0.1) is 0 Å². The summed E-state index contributed by atoms with van der Waals surface area (Å²) in [7, 11) is 1.69. The lowest BCUT2D eigenvalue weighted by Crippen LogP contribution is -2.04. The summed E-state index contributed by atoms with van der Waals surface area (Å²) in [5.74, 6) is 0.522. The fourth-order valence-corrected chi connectivity index (χ4v) is 1.27. The van der Waals surface area contributed by atoms with Gasteiger partial charge in [0, 0.05) is 18.8 Å². The fraction of sp³-hybridized carbons (Fsp3) is 0.333. The van der Waals surface area contributed by atoms with E-state index in [-0.39, 0.29) is 0 Å². The predicted molar refractivity (Wildman–Crippen MR) is 51.7 cm³/mol. The average Bonchev–Trinajstić information content (AvgIpc) is 2.65. The van der Waals surface area contributed by atoms with Crippen molar-refractivity contribution in [2.24, 2.45) is 7.05 Å². The number of aryl methyl sites for hydroxylation is 1. The van der Waals surface area contributed by atoms with Gasteiger partial charge in [-0.3, -0.25) is 4.98 Å². The molecule has 78 valence electrons. The Bertz CT molecular complexity index is 427. The molecule has 2 aromatic rings. The molecular formula is C9H11N5O. The first-order chi connectivity index (χ1) is 7.25. The highest BCUT2D eigenvalue weighted by Crippen LogP contribution is 2.14. The van der Waals surface area contributed by atoms with E-state index in [0.717, 1.165) is 5.56 Å². The third-order valence-corrected chi connectivity index (χ3v) is 1.99. The number of pyridine rings is 1. The summed E-state index contributed by atoms with van der Waals surface area (Å²) in [6.07, 6.45) is 3.00. The molecular weight excluding hydrogens is 194 g/mol. The molecule has 0 saturated heterocycles. The van der Waals surface area contributed by atoms with Crippen LogP contribution in [0.5, 0.6) is 0 Å². The van der Waals surface area contributed by atoms with E-state index in [1.165, 1.54) is 4.80 Å². The lowest BCUT2D eigenvalue weighted by Gasteiger charge is -2.06. The maximum absolute atomic E-state index is 9.83. The van der Waals surface area contributed by atoms with Gasteiger partial charge in [-0.1, -0.05) is 6.07 Å². The maximum atomic E-state index is 9.83. The van der Waals surface area contributed by atoms with E-state index in [2.05, 4.69) is 20.4 Å². The highest BCUT2D eigenvalue weighted by atomic mass is 16.3. The first kappa shape index (κ1) is 9.72. The molecule has 0 bridgehead atoms. The molecule has 6 nitrogen and oxygen atoms in total. The molecule has 0 saturated carbocycles. The molecule has 1 atom stereocenters. The summed E-state index contributed by atoms with van der Waals surface area (Å²) in [6, 6.07) is 3.59. The zero-order chi connectivity index (χ0) is 10.7. The van der Waals surface area contributed by atoms with E-state index < -0.39 is 6.10 Å². The molecule has 0 aromatic carbocycles. The van der Waals surface area contributed by atoms with Gasteiger partial charge in [0.2, 0.25) is 0 Å². The van der Waals surface area contributed by atoms with Crippen molar-refractivity contribution in [1.82, 2.24) is 25.2 Å². The number of hydrogen-bond donors (Lipinski definition) is 1. The van der Waals surface area contributed by atoms with Crippen LogP contribution in [0.1, 0.15) is 17.5 Å². The zero-order valence-corrected chi connectivity index (χ0v) is 8.28. The minimum Gasteiger partial charge on any atom is -0.388 e. The molecule has 0 spiro atoms. The number of aromatic nitrogens is 5. The van der Waals surface area contributed by atoms with Crippen molar-refractivity contribution in [1.29, 1.82) is 0 Å². The van der Waals surface area contributed by atoms with Crippen molar-refractivity contribution in [2.45, 2.75) is 12.5 Å². The quantitative estimate of drug-likeness (QED) is 0.756. The molecule has 15 heavy (non-hydrogen) atoms. The number of hydrogen-bond acceptors (Lipinski definition) is 5. The molecule has 1 N–H and O–H groups in total. The summed E-state index contributed by atoms with van der Waals surface area (Å²) in [4.78, 5) is 5.30. The molecule has 0 amide bonds. The Kier molecular flexibility index (Phi) is 2.68. The van der Waals surface area contributed by atoms with E-state index in [1.54, 1.807) is 25.5 Å². The van der Waals surface area contributed by atoms with Crippen molar-refractivity contribution < 1.29 is 5.11 Å². The minimum atomic E-state index is -0.636. The smallest absolute Gasteiger partial charge is 0.177 e. The van der Waals surface area contributed by atoms with Crippen molar-refractivity contribution >= 4 is 0 Å². The lowest BCUT2D eigenvalue weighted by molar-refractivity contribution is 0.175. The largest absolute Gasteiger partial charge is 0.388 e. The van der Waals surface area contributed by atoms with Crippen LogP contribution in [-0.2, 0) is 13.5 Å². The normalized spacial score (nSPS) is 12.7. The molecule has 6 heteroatoms. The van der Waals surface area contributed by atoms with Crippen LogP contribution in [0.2, 0.25) is 0 Å². The van der Waals surface area contributed by atoms with Crippen LogP contribution in [0.15, 0.2) is 24.5 Å². The SMILES string of the molecule is Cn1nnc(CC(O)c2cccnc2)n1. The Balaban J connectivity index is 2.07. The van der Waals surface area contributed by atoms with Crippen LogP contribution in [0.4, 0.5) is 0 Å². The molecule has 0 aliphatic rings. The second kappa shape index (κ2) is 4.14. The Morgan fingerprint density at radius 1 is 1.53 bits per heavy atom. The summed E-state index contributed by atoms with van der Waals surface area (Å²) in [6.45, 7) is 0. The number of rotatable bonds is 3. The van der Waals surface area contributed by atoms with Crippen molar-refractivity contribution in [3.63, 3.8) is 0 Å². The monoisotopic (exact) mass is 205 g/mol. The van der Waals surface area contributed by atoms with Crippen molar-refractivity contribution in [3.8, 4) is 0 Å². The molecule has 0 aliphatic heterocycles. The second-order valence-corrected chi connectivity index (χ2v) is 3.20. The Morgan fingerprint density at radius 3 is 3.00 bits per heavy atom. The van der Waals surface area contributed by atoms with Gasteiger partial charge in [-0.2, -0.15) is 4.80 Å². The summed E-state index contributed by atoms with van der Waals surface area (Å²) in [5, 5.41) is 21.3. The van der Waals surface area contributed by atoms with Gasteiger partial charge in [-0.15, -0.1) is 10.2 Å².